The van der Waals surface area contributed by atoms with Gasteiger partial charge in [-0.05, 0) is 24.1 Å². The van der Waals surface area contributed by atoms with Crippen molar-refractivity contribution in [2.24, 2.45) is 4.99 Å². The van der Waals surface area contributed by atoms with Crippen LogP contribution in [-0.2, 0) is 13.1 Å². The van der Waals surface area contributed by atoms with Crippen molar-refractivity contribution in [1.82, 2.24) is 20.4 Å². The van der Waals surface area contributed by atoms with Gasteiger partial charge < -0.3 is 15.5 Å². The van der Waals surface area contributed by atoms with Gasteiger partial charge in [0.2, 0.25) is 0 Å². The molecule has 5 heteroatoms. The Labute approximate surface area is 139 Å². The van der Waals surface area contributed by atoms with Crippen LogP contribution in [0.3, 0.4) is 0 Å². The van der Waals surface area contributed by atoms with Crippen LogP contribution in [0, 0.1) is 0 Å². The van der Waals surface area contributed by atoms with Crippen LogP contribution < -0.4 is 10.6 Å². The number of hydrogen-bond acceptors (Lipinski definition) is 5. The van der Waals surface area contributed by atoms with Gasteiger partial charge in [-0.15, -0.1) is 0 Å². The molecule has 0 bridgehead atoms. The highest BCUT2D eigenvalue weighted by Gasteiger charge is 2.15. The number of aliphatic imine (C=N–C) groups is 1. The summed E-state index contributed by atoms with van der Waals surface area (Å²) >= 11 is 0. The fourth-order valence-corrected chi connectivity index (χ4v) is 3.12. The fourth-order valence-electron chi connectivity index (χ4n) is 3.12. The van der Waals surface area contributed by atoms with Crippen LogP contribution >= 0.6 is 0 Å². The van der Waals surface area contributed by atoms with Crippen molar-refractivity contribution in [3.8, 4) is 0 Å². The lowest BCUT2D eigenvalue weighted by atomic mass is 10.1. The van der Waals surface area contributed by atoms with Crippen molar-refractivity contribution in [2.45, 2.75) is 26.4 Å². The van der Waals surface area contributed by atoms with E-state index in [0.717, 1.165) is 38.6 Å². The highest BCUT2D eigenvalue weighted by molar-refractivity contribution is 5.80. The number of hydrogen-bond donors (Lipinski definition) is 2. The molecule has 0 aliphatic carbocycles. The van der Waals surface area contributed by atoms with E-state index < -0.39 is 0 Å². The molecule has 0 atom stereocenters. The average molecular weight is 315 g/mol. The predicted molar refractivity (Wildman–Crippen MR) is 95.6 cm³/mol. The van der Waals surface area contributed by atoms with Crippen molar-refractivity contribution < 1.29 is 0 Å². The first-order valence-corrected chi connectivity index (χ1v) is 8.88. The lowest BCUT2D eigenvalue weighted by molar-refractivity contribution is 0.132. The van der Waals surface area contributed by atoms with Gasteiger partial charge >= 0.3 is 0 Å². The molecule has 1 aromatic carbocycles. The third-order valence-corrected chi connectivity index (χ3v) is 4.70. The Kier molecular flexibility index (Phi) is 5.88. The number of likely N-dealkylation sites (N-methyl/N-ethyl adjacent to an activating group) is 1. The fraction of sp³-hybridized carbons (Fsp3) is 0.611. The third kappa shape index (κ3) is 4.94. The SMILES string of the molecule is CCN1CCN(Cc2ccc(CNC3=NCCCN3)cc2)CC1. The van der Waals surface area contributed by atoms with Gasteiger partial charge in [-0.3, -0.25) is 9.89 Å². The average Bonchev–Trinajstić information content (AvgIpc) is 2.63. The second kappa shape index (κ2) is 8.31. The molecule has 0 amide bonds. The summed E-state index contributed by atoms with van der Waals surface area (Å²) in [5.74, 6) is 0.939. The first kappa shape index (κ1) is 16.3. The van der Waals surface area contributed by atoms with Crippen LogP contribution in [-0.4, -0.2) is 61.6 Å². The third-order valence-electron chi connectivity index (χ3n) is 4.70. The van der Waals surface area contributed by atoms with Crippen molar-refractivity contribution in [3.05, 3.63) is 35.4 Å². The van der Waals surface area contributed by atoms with Crippen molar-refractivity contribution in [3.63, 3.8) is 0 Å². The molecule has 2 N–H and O–H groups in total. The zero-order chi connectivity index (χ0) is 15.9. The quantitative estimate of drug-likeness (QED) is 0.859. The number of benzene rings is 1. The summed E-state index contributed by atoms with van der Waals surface area (Å²) in [4.78, 5) is 9.51. The van der Waals surface area contributed by atoms with Gasteiger partial charge in [-0.25, -0.2) is 0 Å². The van der Waals surface area contributed by atoms with Crippen LogP contribution in [0.15, 0.2) is 29.3 Å². The number of nitrogens with zero attached hydrogens (tertiary/aromatic N) is 3. The summed E-state index contributed by atoms with van der Waals surface area (Å²) in [6.45, 7) is 12.1. The Morgan fingerprint density at radius 1 is 1.04 bits per heavy atom. The minimum absolute atomic E-state index is 0.835. The van der Waals surface area contributed by atoms with Gasteiger partial charge in [-0.2, -0.15) is 0 Å². The highest BCUT2D eigenvalue weighted by atomic mass is 15.3. The first-order chi connectivity index (χ1) is 11.3. The van der Waals surface area contributed by atoms with E-state index in [9.17, 15) is 0 Å². The molecule has 126 valence electrons. The summed E-state index contributed by atoms with van der Waals surface area (Å²) in [6, 6.07) is 8.99. The second-order valence-corrected chi connectivity index (χ2v) is 6.39. The zero-order valence-electron chi connectivity index (χ0n) is 14.2. The lowest BCUT2D eigenvalue weighted by Gasteiger charge is -2.34. The van der Waals surface area contributed by atoms with Gasteiger partial charge in [0.25, 0.3) is 0 Å². The molecule has 23 heavy (non-hydrogen) atoms. The standard InChI is InChI=1S/C18H29N5/c1-2-22-10-12-23(13-11-22)15-17-6-4-16(5-7-17)14-21-18-19-8-3-9-20-18/h4-7H,2-3,8-15H2,1H3,(H2,19,20,21). The monoisotopic (exact) mass is 315 g/mol. The molecule has 2 aliphatic rings. The number of nitrogens with one attached hydrogen (secondary N) is 2. The Bertz CT molecular complexity index is 503. The van der Waals surface area contributed by atoms with Gasteiger partial charge in [-0.1, -0.05) is 31.2 Å². The lowest BCUT2D eigenvalue weighted by Crippen LogP contribution is -2.45. The summed E-state index contributed by atoms with van der Waals surface area (Å²) in [7, 11) is 0. The minimum Gasteiger partial charge on any atom is -0.356 e. The molecule has 1 aromatic rings. The molecule has 5 nitrogen and oxygen atoms in total. The highest BCUT2D eigenvalue weighted by Crippen LogP contribution is 2.10. The minimum atomic E-state index is 0.835. The van der Waals surface area contributed by atoms with E-state index in [-0.39, 0.29) is 0 Å². The van der Waals surface area contributed by atoms with Crippen LogP contribution in [0.5, 0.6) is 0 Å². The summed E-state index contributed by atoms with van der Waals surface area (Å²) in [5, 5.41) is 6.66. The van der Waals surface area contributed by atoms with Crippen LogP contribution in [0.25, 0.3) is 0 Å². The van der Waals surface area contributed by atoms with Gasteiger partial charge in [0.1, 0.15) is 0 Å². The Morgan fingerprint density at radius 2 is 1.74 bits per heavy atom. The molecule has 0 spiro atoms. The molecule has 0 radical (unpaired) electrons. The van der Waals surface area contributed by atoms with Crippen molar-refractivity contribution in [1.29, 1.82) is 0 Å². The molecule has 0 aromatic heterocycles. The molecule has 0 unspecified atom stereocenters. The van der Waals surface area contributed by atoms with E-state index in [1.807, 2.05) is 0 Å². The van der Waals surface area contributed by atoms with E-state index in [1.165, 1.54) is 43.9 Å². The number of piperazine rings is 1. The van der Waals surface area contributed by atoms with E-state index in [2.05, 4.69) is 56.6 Å². The topological polar surface area (TPSA) is 42.9 Å². The molecule has 0 saturated carbocycles. The van der Waals surface area contributed by atoms with Gasteiger partial charge in [0.05, 0.1) is 0 Å². The van der Waals surface area contributed by atoms with Crippen LogP contribution in [0.1, 0.15) is 24.5 Å². The van der Waals surface area contributed by atoms with Crippen LogP contribution in [0.2, 0.25) is 0 Å². The van der Waals surface area contributed by atoms with Crippen molar-refractivity contribution in [2.75, 3.05) is 45.8 Å². The largest absolute Gasteiger partial charge is 0.356 e. The molecular weight excluding hydrogens is 286 g/mol. The van der Waals surface area contributed by atoms with E-state index in [1.54, 1.807) is 0 Å². The Balaban J connectivity index is 1.44. The normalized spacial score (nSPS) is 20.0. The Hall–Kier alpha value is -1.59. The number of guanidine groups is 1. The van der Waals surface area contributed by atoms with Gasteiger partial charge in [0, 0.05) is 52.4 Å². The maximum Gasteiger partial charge on any atom is 0.191 e. The molecule has 3 rings (SSSR count). The molecular formula is C18H29N5. The second-order valence-electron chi connectivity index (χ2n) is 6.39. The van der Waals surface area contributed by atoms with E-state index in [4.69, 9.17) is 0 Å². The van der Waals surface area contributed by atoms with Crippen LogP contribution in [0.4, 0.5) is 0 Å². The van der Waals surface area contributed by atoms with E-state index in [0.29, 0.717) is 0 Å². The molecule has 1 saturated heterocycles. The summed E-state index contributed by atoms with van der Waals surface area (Å²) < 4.78 is 0. The van der Waals surface area contributed by atoms with Gasteiger partial charge in [0.15, 0.2) is 5.96 Å². The summed E-state index contributed by atoms with van der Waals surface area (Å²) in [6.07, 6.45) is 1.13. The molecule has 2 aliphatic heterocycles. The number of rotatable bonds is 5. The predicted octanol–water partition coefficient (Wildman–Crippen LogP) is 1.26. The maximum absolute atomic E-state index is 4.44. The summed E-state index contributed by atoms with van der Waals surface area (Å²) in [5.41, 5.74) is 2.71. The van der Waals surface area contributed by atoms with Crippen molar-refractivity contribution >= 4 is 5.96 Å². The van der Waals surface area contributed by atoms with E-state index >= 15 is 0 Å². The smallest absolute Gasteiger partial charge is 0.191 e. The Morgan fingerprint density at radius 3 is 2.39 bits per heavy atom. The maximum atomic E-state index is 4.44. The molecule has 2 heterocycles. The molecule has 1 fully saturated rings. The zero-order valence-corrected chi connectivity index (χ0v) is 14.2. The first-order valence-electron chi connectivity index (χ1n) is 8.88.